The quantitative estimate of drug-likeness (QED) is 0.477. The van der Waals surface area contributed by atoms with Gasteiger partial charge in [-0.15, -0.1) is 0 Å². The number of carbonyl (C=O) groups is 2. The zero-order chi connectivity index (χ0) is 30.2. The number of aliphatic imine (C=N–C) groups is 1. The van der Waals surface area contributed by atoms with Crippen molar-refractivity contribution in [3.05, 3.63) is 100 Å². The fourth-order valence-corrected chi connectivity index (χ4v) is 8.15. The number of aryl methyl sites for hydroxylation is 1. The summed E-state index contributed by atoms with van der Waals surface area (Å²) in [5, 5.41) is 14.1. The number of ether oxygens (including phenoxy) is 2. The van der Waals surface area contributed by atoms with Crippen LogP contribution in [0.2, 0.25) is 0 Å². The molecule has 1 aliphatic carbocycles. The minimum Gasteiger partial charge on any atom is -0.461 e. The topological polar surface area (TPSA) is 104 Å². The maximum atomic E-state index is 14.4. The number of hydrogen-bond acceptors (Lipinski definition) is 7. The van der Waals surface area contributed by atoms with E-state index in [-0.39, 0.29) is 18.4 Å². The third-order valence-electron chi connectivity index (χ3n) is 10.3. The molecule has 6 aliphatic rings. The standard InChI is InChI=1S/C35H36N4O5/c1-38-33-37-35(20-43-2)31-26-17-23(13-14-28(26)44-35)32(42)36-30-25-16-21(11-12-22(25)18-27(30)40)8-6-7-15-34(38,19-29(41)39(31)33)24-9-4-3-5-10-24/h3-5,9-14,16-17,27,30-31,40H,6-8,15,18-20H2,1-2H3,(H,36,42)/t27-,30-,31+,34?,35+/m1/s1. The highest BCUT2D eigenvalue weighted by atomic mass is 16.6. The molecule has 5 aliphatic heterocycles. The maximum absolute atomic E-state index is 14.4. The van der Waals surface area contributed by atoms with E-state index < -0.39 is 29.5 Å². The molecule has 0 aromatic heterocycles. The molecule has 1 unspecified atom stereocenters. The minimum atomic E-state index is -1.17. The molecule has 9 heteroatoms. The van der Waals surface area contributed by atoms with Gasteiger partial charge in [0.05, 0.1) is 24.1 Å². The van der Waals surface area contributed by atoms with E-state index in [4.69, 9.17) is 14.5 Å². The first-order valence-electron chi connectivity index (χ1n) is 15.5. The molecule has 0 radical (unpaired) electrons. The molecule has 1 saturated heterocycles. The Kier molecular flexibility index (Phi) is 6.16. The van der Waals surface area contributed by atoms with Crippen LogP contribution in [0.4, 0.5) is 0 Å². The van der Waals surface area contributed by atoms with Gasteiger partial charge < -0.3 is 24.8 Å². The van der Waals surface area contributed by atoms with E-state index in [1.807, 2.05) is 25.2 Å². The number of nitrogens with one attached hydrogen (secondary N) is 1. The number of hydrogen-bond donors (Lipinski definition) is 2. The van der Waals surface area contributed by atoms with E-state index in [0.29, 0.717) is 30.1 Å². The van der Waals surface area contributed by atoms with Crippen molar-refractivity contribution in [3.63, 3.8) is 0 Å². The van der Waals surface area contributed by atoms with Crippen molar-refractivity contribution < 1.29 is 24.2 Å². The Balaban J connectivity index is 1.28. The van der Waals surface area contributed by atoms with Gasteiger partial charge in [-0.3, -0.25) is 14.5 Å². The smallest absolute Gasteiger partial charge is 0.251 e. The Morgan fingerprint density at radius 1 is 1.07 bits per heavy atom. The van der Waals surface area contributed by atoms with E-state index in [9.17, 15) is 14.7 Å². The molecule has 226 valence electrons. The van der Waals surface area contributed by atoms with E-state index in [1.165, 1.54) is 5.56 Å². The van der Waals surface area contributed by atoms with Crippen LogP contribution in [-0.2, 0) is 27.9 Å². The van der Waals surface area contributed by atoms with E-state index in [2.05, 4.69) is 40.5 Å². The average molecular weight is 593 g/mol. The fraction of sp³-hybridized carbons (Fsp3) is 0.400. The average Bonchev–Trinajstić information content (AvgIpc) is 3.63. The van der Waals surface area contributed by atoms with Gasteiger partial charge in [-0.2, -0.15) is 0 Å². The number of methoxy groups -OCH3 is 1. The summed E-state index contributed by atoms with van der Waals surface area (Å²) >= 11 is 0. The minimum absolute atomic E-state index is 0.0320. The first-order valence-corrected chi connectivity index (χ1v) is 15.5. The lowest BCUT2D eigenvalue weighted by Gasteiger charge is -2.50. The van der Waals surface area contributed by atoms with E-state index in [1.54, 1.807) is 30.2 Å². The Labute approximate surface area is 256 Å². The molecule has 9 rings (SSSR count). The molecule has 0 spiro atoms. The second-order valence-electron chi connectivity index (χ2n) is 12.8. The maximum Gasteiger partial charge on any atom is 0.251 e. The Bertz CT molecular complexity index is 1710. The molecular formula is C35H36N4O5. The highest BCUT2D eigenvalue weighted by Crippen LogP contribution is 2.55. The molecular weight excluding hydrogens is 556 g/mol. The summed E-state index contributed by atoms with van der Waals surface area (Å²) in [4.78, 5) is 37.2. The molecule has 8 bridgehead atoms. The molecule has 1 fully saturated rings. The van der Waals surface area contributed by atoms with Crippen molar-refractivity contribution in [2.24, 2.45) is 4.99 Å². The van der Waals surface area contributed by atoms with Crippen molar-refractivity contribution in [3.8, 4) is 5.75 Å². The number of carbonyl (C=O) groups excluding carboxylic acids is 2. The van der Waals surface area contributed by atoms with Gasteiger partial charge in [0.25, 0.3) is 11.6 Å². The summed E-state index contributed by atoms with van der Waals surface area (Å²) in [7, 11) is 3.63. The number of nitrogens with zero attached hydrogens (tertiary/aromatic N) is 3. The summed E-state index contributed by atoms with van der Waals surface area (Å²) in [6, 6.07) is 20.9. The number of guanidine groups is 1. The number of rotatable bonds is 3. The normalized spacial score (nSPS) is 30.2. The summed E-state index contributed by atoms with van der Waals surface area (Å²) in [5.74, 6) is 0.815. The highest BCUT2D eigenvalue weighted by molar-refractivity contribution is 6.03. The van der Waals surface area contributed by atoms with Crippen LogP contribution in [-0.4, -0.2) is 65.3 Å². The van der Waals surface area contributed by atoms with Crippen molar-refractivity contribution in [2.75, 3.05) is 20.8 Å². The predicted octanol–water partition coefficient (Wildman–Crippen LogP) is 4.01. The lowest BCUT2D eigenvalue weighted by atomic mass is 9.78. The van der Waals surface area contributed by atoms with Gasteiger partial charge in [0.2, 0.25) is 11.9 Å². The molecule has 5 atom stereocenters. The van der Waals surface area contributed by atoms with Gasteiger partial charge in [-0.1, -0.05) is 55.0 Å². The molecule has 0 saturated carbocycles. The second kappa shape index (κ2) is 9.90. The fourth-order valence-electron chi connectivity index (χ4n) is 8.15. The van der Waals surface area contributed by atoms with Gasteiger partial charge in [0.1, 0.15) is 18.4 Å². The molecule has 9 nitrogen and oxygen atoms in total. The Hall–Kier alpha value is -4.21. The van der Waals surface area contributed by atoms with Crippen molar-refractivity contribution >= 4 is 17.8 Å². The second-order valence-corrected chi connectivity index (χ2v) is 12.8. The molecule has 44 heavy (non-hydrogen) atoms. The van der Waals surface area contributed by atoms with Crippen molar-refractivity contribution in [2.45, 2.75) is 68.0 Å². The van der Waals surface area contributed by atoms with Gasteiger partial charge in [0.15, 0.2) is 0 Å². The van der Waals surface area contributed by atoms with Gasteiger partial charge >= 0.3 is 0 Å². The first-order chi connectivity index (χ1) is 21.3. The molecule has 5 heterocycles. The van der Waals surface area contributed by atoms with E-state index >= 15 is 0 Å². The van der Waals surface area contributed by atoms with Crippen LogP contribution < -0.4 is 10.1 Å². The van der Waals surface area contributed by atoms with E-state index in [0.717, 1.165) is 47.9 Å². The molecule has 3 aromatic rings. The van der Waals surface area contributed by atoms with Gasteiger partial charge in [-0.05, 0) is 59.7 Å². The zero-order valence-corrected chi connectivity index (χ0v) is 25.0. The number of fused-ring (bicyclic) bond motifs is 5. The van der Waals surface area contributed by atoms with Gasteiger partial charge in [0, 0.05) is 31.7 Å². The summed E-state index contributed by atoms with van der Waals surface area (Å²) < 4.78 is 12.2. The summed E-state index contributed by atoms with van der Waals surface area (Å²) in [6.45, 7) is 0.139. The third kappa shape index (κ3) is 3.88. The van der Waals surface area contributed by atoms with Crippen LogP contribution in [0.3, 0.4) is 0 Å². The predicted molar refractivity (Wildman–Crippen MR) is 163 cm³/mol. The summed E-state index contributed by atoms with van der Waals surface area (Å²) in [5.41, 5.74) is 3.72. The molecule has 2 N–H and O–H groups in total. The Morgan fingerprint density at radius 3 is 2.73 bits per heavy atom. The lowest BCUT2D eigenvalue weighted by Crippen LogP contribution is -2.60. The zero-order valence-electron chi connectivity index (χ0n) is 25.0. The van der Waals surface area contributed by atoms with Crippen molar-refractivity contribution in [1.82, 2.24) is 15.1 Å². The molecule has 3 aromatic carbocycles. The van der Waals surface area contributed by atoms with Crippen LogP contribution in [0.5, 0.6) is 5.75 Å². The van der Waals surface area contributed by atoms with Crippen LogP contribution >= 0.6 is 0 Å². The third-order valence-corrected chi connectivity index (χ3v) is 10.3. The largest absolute Gasteiger partial charge is 0.461 e. The van der Waals surface area contributed by atoms with Crippen LogP contribution in [0.1, 0.15) is 75.9 Å². The van der Waals surface area contributed by atoms with Crippen LogP contribution in [0.15, 0.2) is 71.7 Å². The summed E-state index contributed by atoms with van der Waals surface area (Å²) in [6.07, 6.45) is 3.56. The molecule has 2 amide bonds. The van der Waals surface area contributed by atoms with Crippen molar-refractivity contribution in [1.29, 1.82) is 0 Å². The number of amides is 2. The van der Waals surface area contributed by atoms with Crippen LogP contribution in [0, 0.1) is 0 Å². The van der Waals surface area contributed by atoms with Crippen LogP contribution in [0.25, 0.3) is 0 Å². The highest BCUT2D eigenvalue weighted by Gasteiger charge is 2.63. The van der Waals surface area contributed by atoms with Gasteiger partial charge in [-0.25, -0.2) is 4.99 Å². The number of aliphatic hydroxyl groups excluding tert-OH is 1. The first kappa shape index (κ1) is 27.3. The number of aliphatic hydroxyl groups is 1. The monoisotopic (exact) mass is 592 g/mol. The Morgan fingerprint density at radius 2 is 1.91 bits per heavy atom. The lowest BCUT2D eigenvalue weighted by molar-refractivity contribution is -0.138. The SMILES string of the molecule is COC[C@@]12N=C3N4C(=O)CC(c5ccccc5)(CCCCc5ccc6c(c5)[C@@H](NC(=O)c5ccc(c(c5)[C@H]41)O2)[C@H](O)C6)N3C. The number of benzene rings is 3.